The predicted octanol–water partition coefficient (Wildman–Crippen LogP) is 1.79. The molecule has 0 bridgehead atoms. The highest BCUT2D eigenvalue weighted by Crippen LogP contribution is 2.01. The zero-order valence-electron chi connectivity index (χ0n) is 11.3. The molecule has 1 heterocycles. The van der Waals surface area contributed by atoms with Crippen LogP contribution in [-0.2, 0) is 11.3 Å². The molecule has 0 aliphatic heterocycles. The Bertz CT molecular complexity index is 648. The van der Waals surface area contributed by atoms with E-state index in [1.165, 1.54) is 18.3 Å². The molecule has 2 rings (SSSR count). The summed E-state index contributed by atoms with van der Waals surface area (Å²) in [5.41, 5.74) is 4.73. The summed E-state index contributed by atoms with van der Waals surface area (Å²) in [6, 6.07) is 7.84. The van der Waals surface area contributed by atoms with Gasteiger partial charge in [0.1, 0.15) is 12.4 Å². The molecule has 0 aliphatic rings. The van der Waals surface area contributed by atoms with Gasteiger partial charge in [-0.3, -0.25) is 9.48 Å². The van der Waals surface area contributed by atoms with Gasteiger partial charge >= 0.3 is 0 Å². The van der Waals surface area contributed by atoms with Crippen molar-refractivity contribution in [3.63, 3.8) is 0 Å². The quantitative estimate of drug-likeness (QED) is 0.682. The summed E-state index contributed by atoms with van der Waals surface area (Å²) in [4.78, 5) is 11.7. The lowest BCUT2D eigenvalue weighted by atomic mass is 10.2. The van der Waals surface area contributed by atoms with Gasteiger partial charge in [-0.05, 0) is 37.6 Å². The molecule has 20 heavy (non-hydrogen) atoms. The molecule has 0 unspecified atom stereocenters. The van der Waals surface area contributed by atoms with Gasteiger partial charge in [0.15, 0.2) is 0 Å². The smallest absolute Gasteiger partial charge is 0.261 e. The van der Waals surface area contributed by atoms with Crippen molar-refractivity contribution < 1.29 is 9.18 Å². The van der Waals surface area contributed by atoms with Crippen LogP contribution in [0.25, 0.3) is 0 Å². The zero-order chi connectivity index (χ0) is 14.5. The highest BCUT2D eigenvalue weighted by molar-refractivity contribution is 5.82. The fourth-order valence-electron chi connectivity index (χ4n) is 1.77. The third-order valence-electron chi connectivity index (χ3n) is 2.65. The minimum atomic E-state index is -0.345. The first kappa shape index (κ1) is 13.9. The van der Waals surface area contributed by atoms with Gasteiger partial charge in [-0.2, -0.15) is 10.2 Å². The van der Waals surface area contributed by atoms with Crippen LogP contribution in [0.15, 0.2) is 35.4 Å². The average Bonchev–Trinajstić information content (AvgIpc) is 2.68. The number of aryl methyl sites for hydroxylation is 2. The van der Waals surface area contributed by atoms with Gasteiger partial charge < -0.3 is 0 Å². The van der Waals surface area contributed by atoms with Crippen LogP contribution in [0.5, 0.6) is 0 Å². The number of aromatic nitrogens is 2. The van der Waals surface area contributed by atoms with Crippen LogP contribution < -0.4 is 5.43 Å². The number of rotatable bonds is 4. The zero-order valence-corrected chi connectivity index (χ0v) is 11.3. The second-order valence-corrected chi connectivity index (χ2v) is 4.43. The van der Waals surface area contributed by atoms with Gasteiger partial charge in [0.2, 0.25) is 0 Å². The average molecular weight is 274 g/mol. The molecular weight excluding hydrogens is 259 g/mol. The molecule has 0 radical (unpaired) electrons. The molecule has 5 nitrogen and oxygen atoms in total. The Hall–Kier alpha value is -2.50. The lowest BCUT2D eigenvalue weighted by Crippen LogP contribution is -2.24. The number of nitrogens with zero attached hydrogens (tertiary/aromatic N) is 3. The van der Waals surface area contributed by atoms with E-state index in [-0.39, 0.29) is 18.3 Å². The number of halogens is 1. The Morgan fingerprint density at radius 2 is 2.25 bits per heavy atom. The minimum absolute atomic E-state index is 0.0974. The number of nitrogens with one attached hydrogen (secondary N) is 1. The SMILES string of the molecule is Cc1cc(C)n(CC(=O)N/N=C/c2cccc(F)c2)n1. The maximum absolute atomic E-state index is 12.9. The second kappa shape index (κ2) is 6.10. The summed E-state index contributed by atoms with van der Waals surface area (Å²) in [7, 11) is 0. The van der Waals surface area contributed by atoms with E-state index >= 15 is 0 Å². The van der Waals surface area contributed by atoms with Gasteiger partial charge in [-0.1, -0.05) is 12.1 Å². The molecule has 0 fully saturated rings. The lowest BCUT2D eigenvalue weighted by molar-refractivity contribution is -0.121. The Balaban J connectivity index is 1.91. The molecule has 0 spiro atoms. The summed E-state index contributed by atoms with van der Waals surface area (Å²) in [6.45, 7) is 3.84. The van der Waals surface area contributed by atoms with Crippen molar-refractivity contribution in [2.24, 2.45) is 5.10 Å². The molecule has 0 saturated carbocycles. The van der Waals surface area contributed by atoms with Gasteiger partial charge in [0.25, 0.3) is 5.91 Å². The third-order valence-corrected chi connectivity index (χ3v) is 2.65. The largest absolute Gasteiger partial charge is 0.271 e. The second-order valence-electron chi connectivity index (χ2n) is 4.43. The monoisotopic (exact) mass is 274 g/mol. The summed E-state index contributed by atoms with van der Waals surface area (Å²) in [5.74, 6) is -0.633. The maximum Gasteiger partial charge on any atom is 0.261 e. The van der Waals surface area contributed by atoms with Crippen LogP contribution in [0.2, 0.25) is 0 Å². The van der Waals surface area contributed by atoms with E-state index in [0.717, 1.165) is 11.4 Å². The molecular formula is C14H15FN4O. The van der Waals surface area contributed by atoms with Crippen molar-refractivity contribution >= 4 is 12.1 Å². The van der Waals surface area contributed by atoms with E-state index in [4.69, 9.17) is 0 Å². The fraction of sp³-hybridized carbons (Fsp3) is 0.214. The summed E-state index contributed by atoms with van der Waals surface area (Å²) in [5, 5.41) is 7.97. The number of amides is 1. The van der Waals surface area contributed by atoms with E-state index in [1.54, 1.807) is 16.8 Å². The molecule has 1 aromatic heterocycles. The van der Waals surface area contributed by atoms with Gasteiger partial charge in [0.05, 0.1) is 11.9 Å². The molecule has 2 aromatic rings. The van der Waals surface area contributed by atoms with Gasteiger partial charge in [-0.25, -0.2) is 9.82 Å². The number of hydrazone groups is 1. The van der Waals surface area contributed by atoms with Crippen LogP contribution in [0.4, 0.5) is 4.39 Å². The molecule has 0 saturated heterocycles. The van der Waals surface area contributed by atoms with Crippen molar-refractivity contribution in [3.8, 4) is 0 Å². The van der Waals surface area contributed by atoms with Crippen LogP contribution >= 0.6 is 0 Å². The maximum atomic E-state index is 12.9. The first-order valence-corrected chi connectivity index (χ1v) is 6.13. The van der Waals surface area contributed by atoms with Gasteiger partial charge in [-0.15, -0.1) is 0 Å². The standard InChI is InChI=1S/C14H15FN4O/c1-10-6-11(2)19(18-10)9-14(20)17-16-8-12-4-3-5-13(15)7-12/h3-8H,9H2,1-2H3,(H,17,20)/b16-8+. The van der Waals surface area contributed by atoms with Crippen molar-refractivity contribution in [2.75, 3.05) is 0 Å². The lowest BCUT2D eigenvalue weighted by Gasteiger charge is -2.02. The third kappa shape index (κ3) is 3.74. The highest BCUT2D eigenvalue weighted by atomic mass is 19.1. The van der Waals surface area contributed by atoms with Crippen LogP contribution in [-0.4, -0.2) is 21.9 Å². The summed E-state index contributed by atoms with van der Waals surface area (Å²) >= 11 is 0. The van der Waals surface area contributed by atoms with E-state index in [9.17, 15) is 9.18 Å². The number of benzene rings is 1. The summed E-state index contributed by atoms with van der Waals surface area (Å²) < 4.78 is 14.5. The minimum Gasteiger partial charge on any atom is -0.271 e. The Morgan fingerprint density at radius 1 is 1.45 bits per heavy atom. The number of hydrogen-bond donors (Lipinski definition) is 1. The Labute approximate surface area is 116 Å². The van der Waals surface area contributed by atoms with Crippen molar-refractivity contribution in [3.05, 3.63) is 53.1 Å². The first-order chi connectivity index (χ1) is 9.54. The van der Waals surface area contributed by atoms with Crippen molar-refractivity contribution in [1.29, 1.82) is 0 Å². The highest BCUT2D eigenvalue weighted by Gasteiger charge is 2.05. The van der Waals surface area contributed by atoms with Crippen molar-refractivity contribution in [1.82, 2.24) is 15.2 Å². The molecule has 1 aromatic carbocycles. The van der Waals surface area contributed by atoms with E-state index in [1.807, 2.05) is 19.9 Å². The molecule has 1 amide bonds. The normalized spacial score (nSPS) is 10.9. The van der Waals surface area contributed by atoms with Crippen LogP contribution in [0.1, 0.15) is 17.0 Å². The molecule has 104 valence electrons. The molecule has 0 aliphatic carbocycles. The molecule has 1 N–H and O–H groups in total. The van der Waals surface area contributed by atoms with Gasteiger partial charge in [0, 0.05) is 5.69 Å². The topological polar surface area (TPSA) is 59.3 Å². The Morgan fingerprint density at radius 3 is 2.90 bits per heavy atom. The van der Waals surface area contributed by atoms with Crippen LogP contribution in [0, 0.1) is 19.7 Å². The predicted molar refractivity (Wildman–Crippen MR) is 73.8 cm³/mol. The number of hydrogen-bond acceptors (Lipinski definition) is 3. The molecule has 6 heteroatoms. The number of carbonyl (C=O) groups excluding carboxylic acids is 1. The fourth-order valence-corrected chi connectivity index (χ4v) is 1.77. The summed E-state index contributed by atoms with van der Waals surface area (Å²) in [6.07, 6.45) is 1.39. The van der Waals surface area contributed by atoms with Crippen molar-refractivity contribution in [2.45, 2.75) is 20.4 Å². The molecule has 0 atom stereocenters. The Kier molecular flexibility index (Phi) is 4.24. The van der Waals surface area contributed by atoms with E-state index < -0.39 is 0 Å². The number of carbonyl (C=O) groups is 1. The van der Waals surface area contributed by atoms with E-state index in [0.29, 0.717) is 5.56 Å². The first-order valence-electron chi connectivity index (χ1n) is 6.13. The van der Waals surface area contributed by atoms with Crippen LogP contribution in [0.3, 0.4) is 0 Å². The van der Waals surface area contributed by atoms with E-state index in [2.05, 4.69) is 15.6 Å².